The predicted octanol–water partition coefficient (Wildman–Crippen LogP) is 4.01. The molecule has 0 spiro atoms. The van der Waals surface area contributed by atoms with Crippen LogP contribution in [0.25, 0.3) is 6.08 Å². The van der Waals surface area contributed by atoms with Crippen molar-refractivity contribution in [3.63, 3.8) is 0 Å². The van der Waals surface area contributed by atoms with Crippen LogP contribution in [-0.2, 0) is 9.59 Å². The Balaban J connectivity index is 1.54. The van der Waals surface area contributed by atoms with Gasteiger partial charge in [-0.2, -0.15) is 0 Å². The zero-order valence-electron chi connectivity index (χ0n) is 14.9. The van der Waals surface area contributed by atoms with Crippen LogP contribution in [0.2, 0.25) is 0 Å². The summed E-state index contributed by atoms with van der Waals surface area (Å²) in [6, 6.07) is 15.7. The smallest absolute Gasteiger partial charge is 0.293 e. The van der Waals surface area contributed by atoms with Gasteiger partial charge in [0, 0.05) is 18.7 Å². The molecular formula is C21H18N2O4S. The molecule has 3 rings (SSSR count). The molecule has 3 amide bonds. The third-order valence-corrected chi connectivity index (χ3v) is 4.85. The largest absolute Gasteiger partial charge is 0.508 e. The third kappa shape index (κ3) is 5.11. The van der Waals surface area contributed by atoms with E-state index in [0.717, 1.165) is 22.2 Å². The minimum Gasteiger partial charge on any atom is -0.508 e. The molecule has 1 aliphatic heterocycles. The topological polar surface area (TPSA) is 86.7 Å². The number of carbonyl (C=O) groups excluding carboxylic acids is 3. The van der Waals surface area contributed by atoms with E-state index in [-0.39, 0.29) is 29.9 Å². The van der Waals surface area contributed by atoms with Gasteiger partial charge in [-0.15, -0.1) is 0 Å². The van der Waals surface area contributed by atoms with E-state index in [1.54, 1.807) is 24.3 Å². The first-order valence-corrected chi connectivity index (χ1v) is 9.40. The summed E-state index contributed by atoms with van der Waals surface area (Å²) < 4.78 is 0. The van der Waals surface area contributed by atoms with Crippen molar-refractivity contribution in [2.75, 3.05) is 11.9 Å². The Labute approximate surface area is 166 Å². The first-order valence-electron chi connectivity index (χ1n) is 8.59. The fraction of sp³-hybridized carbons (Fsp3) is 0.0952. The van der Waals surface area contributed by atoms with Gasteiger partial charge in [-0.05, 0) is 47.7 Å². The molecule has 28 heavy (non-hydrogen) atoms. The Bertz CT molecular complexity index is 937. The van der Waals surface area contributed by atoms with Crippen molar-refractivity contribution in [3.05, 3.63) is 77.2 Å². The number of aromatic hydroxyl groups is 1. The second kappa shape index (κ2) is 9.05. The molecule has 0 saturated carbocycles. The van der Waals surface area contributed by atoms with Gasteiger partial charge in [0.05, 0.1) is 4.91 Å². The van der Waals surface area contributed by atoms with Crippen LogP contribution in [0.1, 0.15) is 12.0 Å². The maximum absolute atomic E-state index is 12.4. The highest BCUT2D eigenvalue weighted by molar-refractivity contribution is 8.18. The normalized spacial score (nSPS) is 15.6. The Hall–Kier alpha value is -3.32. The molecule has 1 saturated heterocycles. The zero-order valence-corrected chi connectivity index (χ0v) is 15.7. The number of imide groups is 1. The van der Waals surface area contributed by atoms with E-state index in [0.29, 0.717) is 10.6 Å². The van der Waals surface area contributed by atoms with E-state index in [2.05, 4.69) is 5.32 Å². The maximum Gasteiger partial charge on any atom is 0.293 e. The summed E-state index contributed by atoms with van der Waals surface area (Å²) in [5.41, 5.74) is 1.52. The zero-order chi connectivity index (χ0) is 19.9. The minimum atomic E-state index is -0.398. The molecule has 6 nitrogen and oxygen atoms in total. The van der Waals surface area contributed by atoms with Crippen molar-refractivity contribution in [3.8, 4) is 5.75 Å². The van der Waals surface area contributed by atoms with E-state index in [1.165, 1.54) is 12.1 Å². The van der Waals surface area contributed by atoms with Crippen molar-refractivity contribution in [2.24, 2.45) is 0 Å². The highest BCUT2D eigenvalue weighted by atomic mass is 32.2. The Morgan fingerprint density at radius 3 is 2.50 bits per heavy atom. The van der Waals surface area contributed by atoms with Crippen LogP contribution >= 0.6 is 11.8 Å². The third-order valence-electron chi connectivity index (χ3n) is 3.92. The standard InChI is InChI=1S/C21H18N2O4S/c24-17-11-9-16(10-12-17)22-19(25)13-14-23-20(26)18(28-21(23)27)8-4-7-15-5-2-1-3-6-15/h1-12,24H,13-14H2,(H,22,25)/b7-4+,18-8-. The molecule has 1 fully saturated rings. The Morgan fingerprint density at radius 2 is 1.79 bits per heavy atom. The lowest BCUT2D eigenvalue weighted by Crippen LogP contribution is -2.31. The molecule has 7 heteroatoms. The molecule has 142 valence electrons. The average molecular weight is 394 g/mol. The SMILES string of the molecule is O=C(CCN1C(=O)S/C(=C\C=C\c2ccccc2)C1=O)Nc1ccc(O)cc1. The van der Waals surface area contributed by atoms with Gasteiger partial charge in [0.25, 0.3) is 11.1 Å². The summed E-state index contributed by atoms with van der Waals surface area (Å²) in [5.74, 6) is -0.619. The number of allylic oxidation sites excluding steroid dienone is 2. The van der Waals surface area contributed by atoms with Gasteiger partial charge in [0.15, 0.2) is 0 Å². The number of hydrogen-bond acceptors (Lipinski definition) is 5. The molecule has 2 aromatic carbocycles. The van der Waals surface area contributed by atoms with Crippen LogP contribution in [0.4, 0.5) is 10.5 Å². The van der Waals surface area contributed by atoms with Gasteiger partial charge in [0.1, 0.15) is 5.75 Å². The number of nitrogens with zero attached hydrogens (tertiary/aromatic N) is 1. The number of phenolic OH excluding ortho intramolecular Hbond substituents is 1. The lowest BCUT2D eigenvalue weighted by molar-refractivity contribution is -0.123. The van der Waals surface area contributed by atoms with E-state index in [9.17, 15) is 19.5 Å². The monoisotopic (exact) mass is 394 g/mol. The Kier molecular flexibility index (Phi) is 6.29. The molecule has 0 bridgehead atoms. The number of phenols is 1. The fourth-order valence-corrected chi connectivity index (χ4v) is 3.32. The molecule has 0 atom stereocenters. The average Bonchev–Trinajstić information content (AvgIpc) is 2.96. The highest BCUT2D eigenvalue weighted by Gasteiger charge is 2.34. The molecule has 0 unspecified atom stereocenters. The minimum absolute atomic E-state index is 0.00789. The summed E-state index contributed by atoms with van der Waals surface area (Å²) >= 11 is 0.862. The molecule has 0 aromatic heterocycles. The number of hydrogen-bond donors (Lipinski definition) is 2. The second-order valence-electron chi connectivity index (χ2n) is 5.97. The molecular weight excluding hydrogens is 376 g/mol. The number of anilines is 1. The predicted molar refractivity (Wildman–Crippen MR) is 110 cm³/mol. The van der Waals surface area contributed by atoms with E-state index in [1.807, 2.05) is 36.4 Å². The van der Waals surface area contributed by atoms with Crippen molar-refractivity contribution in [1.29, 1.82) is 0 Å². The van der Waals surface area contributed by atoms with Crippen molar-refractivity contribution in [1.82, 2.24) is 4.90 Å². The number of rotatable bonds is 6. The number of amides is 3. The number of carbonyl (C=O) groups is 3. The summed E-state index contributed by atoms with van der Waals surface area (Å²) in [6.07, 6.45) is 5.17. The summed E-state index contributed by atoms with van der Waals surface area (Å²) in [5, 5.41) is 11.5. The van der Waals surface area contributed by atoms with Gasteiger partial charge in [-0.3, -0.25) is 19.3 Å². The first-order chi connectivity index (χ1) is 13.5. The van der Waals surface area contributed by atoms with Crippen LogP contribution in [-0.4, -0.2) is 33.6 Å². The van der Waals surface area contributed by atoms with E-state index in [4.69, 9.17) is 0 Å². The molecule has 0 aliphatic carbocycles. The van der Waals surface area contributed by atoms with Crippen LogP contribution in [0, 0.1) is 0 Å². The van der Waals surface area contributed by atoms with Gasteiger partial charge in [-0.1, -0.05) is 42.5 Å². The maximum atomic E-state index is 12.4. The van der Waals surface area contributed by atoms with Crippen molar-refractivity contribution >= 4 is 40.6 Å². The van der Waals surface area contributed by atoms with Gasteiger partial charge < -0.3 is 10.4 Å². The lowest BCUT2D eigenvalue weighted by atomic mass is 10.2. The first kappa shape index (κ1) is 19.4. The molecule has 1 heterocycles. The molecule has 0 radical (unpaired) electrons. The van der Waals surface area contributed by atoms with Crippen molar-refractivity contribution in [2.45, 2.75) is 6.42 Å². The van der Waals surface area contributed by atoms with Gasteiger partial charge in [-0.25, -0.2) is 0 Å². The highest BCUT2D eigenvalue weighted by Crippen LogP contribution is 2.30. The van der Waals surface area contributed by atoms with E-state index >= 15 is 0 Å². The van der Waals surface area contributed by atoms with Crippen LogP contribution < -0.4 is 5.32 Å². The number of benzene rings is 2. The fourth-order valence-electron chi connectivity index (χ4n) is 2.50. The van der Waals surface area contributed by atoms with E-state index < -0.39 is 5.91 Å². The number of thioether (sulfide) groups is 1. The molecule has 1 aliphatic rings. The second-order valence-corrected chi connectivity index (χ2v) is 6.96. The molecule has 2 aromatic rings. The molecule has 2 N–H and O–H groups in total. The number of nitrogens with one attached hydrogen (secondary N) is 1. The lowest BCUT2D eigenvalue weighted by Gasteiger charge is -2.12. The van der Waals surface area contributed by atoms with Gasteiger partial charge >= 0.3 is 0 Å². The van der Waals surface area contributed by atoms with Crippen LogP contribution in [0.15, 0.2) is 71.7 Å². The van der Waals surface area contributed by atoms with Gasteiger partial charge in [0.2, 0.25) is 5.91 Å². The summed E-state index contributed by atoms with van der Waals surface area (Å²) in [6.45, 7) is 0.00826. The van der Waals surface area contributed by atoms with Crippen LogP contribution in [0.3, 0.4) is 0 Å². The van der Waals surface area contributed by atoms with Crippen LogP contribution in [0.5, 0.6) is 5.75 Å². The Morgan fingerprint density at radius 1 is 1.07 bits per heavy atom. The quantitative estimate of drug-likeness (QED) is 0.571. The van der Waals surface area contributed by atoms with Crippen molar-refractivity contribution < 1.29 is 19.5 Å². The summed E-state index contributed by atoms with van der Waals surface area (Å²) in [4.78, 5) is 37.9. The summed E-state index contributed by atoms with van der Waals surface area (Å²) in [7, 11) is 0.